The average Bonchev–Trinajstić information content (AvgIpc) is 3.74. The molecule has 3 heterocycles. The molecule has 0 aromatic rings. The maximum absolute atomic E-state index is 11.7. The minimum atomic E-state index is -0.740. The van der Waals surface area contributed by atoms with Crippen molar-refractivity contribution in [1.82, 2.24) is 20.3 Å². The van der Waals surface area contributed by atoms with Gasteiger partial charge in [-0.2, -0.15) is 0 Å². The number of amides is 7. The highest BCUT2D eigenvalue weighted by molar-refractivity contribution is 7.45. The van der Waals surface area contributed by atoms with E-state index in [1.54, 1.807) is 7.11 Å². The second kappa shape index (κ2) is 32.1. The molecule has 2 saturated heterocycles. The van der Waals surface area contributed by atoms with E-state index in [4.69, 9.17) is 28.5 Å². The molecule has 3 N–H and O–H groups in total. The molecule has 2 fully saturated rings. The predicted molar refractivity (Wildman–Crippen MR) is 185 cm³/mol. The van der Waals surface area contributed by atoms with Gasteiger partial charge in [0.15, 0.2) is 0 Å². The average molecular weight is 797 g/mol. The van der Waals surface area contributed by atoms with Gasteiger partial charge in [0.2, 0.25) is 5.91 Å². The molecule has 0 aromatic heterocycles. The molecule has 300 valence electrons. The molecule has 0 spiro atoms. The molecular weight excluding hydrogens is 748 g/mol. The Bertz CT molecular complexity index is 1200. The van der Waals surface area contributed by atoms with Crippen molar-refractivity contribution in [2.24, 2.45) is 0 Å². The van der Waals surface area contributed by atoms with E-state index in [-0.39, 0.29) is 112 Å². The summed E-state index contributed by atoms with van der Waals surface area (Å²) in [4.78, 5) is 112. The zero-order valence-electron chi connectivity index (χ0n) is 27.8. The SMILES string of the molecule is C.C.COCCOCCC(=O)ON1C(=O)CCC1=O.N=S.N=S.O=C(CCN1C(=O)C=CC1=O)NCCOCCOCCC(=O)ON1C(=O)CCC1=O. The van der Waals surface area contributed by atoms with Crippen molar-refractivity contribution in [3.8, 4) is 0 Å². The lowest BCUT2D eigenvalue weighted by atomic mass is 10.3. The van der Waals surface area contributed by atoms with Gasteiger partial charge in [0.05, 0.1) is 59.1 Å². The fourth-order valence-electron chi connectivity index (χ4n) is 3.70. The Morgan fingerprint density at radius 2 is 1.00 bits per heavy atom. The summed E-state index contributed by atoms with van der Waals surface area (Å²) in [5.74, 6) is -4.61. The second-order valence-electron chi connectivity index (χ2n) is 9.68. The maximum atomic E-state index is 11.7. The molecule has 21 nitrogen and oxygen atoms in total. The van der Waals surface area contributed by atoms with Crippen LogP contribution in [0.15, 0.2) is 12.2 Å². The molecule has 0 unspecified atom stereocenters. The molecule has 0 bridgehead atoms. The van der Waals surface area contributed by atoms with Crippen LogP contribution in [-0.2, 0) is 96.6 Å². The van der Waals surface area contributed by atoms with Crippen LogP contribution in [0.3, 0.4) is 0 Å². The molecule has 0 atom stereocenters. The fourth-order valence-corrected chi connectivity index (χ4v) is 3.70. The van der Waals surface area contributed by atoms with Crippen LogP contribution in [0.25, 0.3) is 0 Å². The van der Waals surface area contributed by atoms with Crippen LogP contribution >= 0.6 is 0 Å². The van der Waals surface area contributed by atoms with Gasteiger partial charge >= 0.3 is 11.9 Å². The van der Waals surface area contributed by atoms with E-state index >= 15 is 0 Å². The van der Waals surface area contributed by atoms with Crippen LogP contribution in [0.4, 0.5) is 0 Å². The van der Waals surface area contributed by atoms with Gasteiger partial charge in [-0.15, -0.1) is 10.1 Å². The molecular formula is C30H48N6O15S2. The summed E-state index contributed by atoms with van der Waals surface area (Å²) in [7, 11) is 1.54. The van der Waals surface area contributed by atoms with E-state index in [0.29, 0.717) is 23.3 Å². The number of nitrogens with one attached hydrogen (secondary N) is 3. The number of hydrogen-bond acceptors (Lipinski definition) is 19. The van der Waals surface area contributed by atoms with E-state index in [2.05, 4.69) is 39.8 Å². The number of hydroxylamine groups is 4. The van der Waals surface area contributed by atoms with Crippen molar-refractivity contribution in [1.29, 1.82) is 9.56 Å². The minimum absolute atomic E-state index is 0. The first-order valence-electron chi connectivity index (χ1n) is 15.1. The Morgan fingerprint density at radius 3 is 1.40 bits per heavy atom. The highest BCUT2D eigenvalue weighted by atomic mass is 32.1. The lowest BCUT2D eigenvalue weighted by Crippen LogP contribution is -2.35. The number of imide groups is 3. The lowest BCUT2D eigenvalue weighted by molar-refractivity contribution is -0.198. The Labute approximate surface area is 317 Å². The van der Waals surface area contributed by atoms with Gasteiger partial charge in [-0.1, -0.05) is 14.9 Å². The lowest BCUT2D eigenvalue weighted by Gasteiger charge is -2.13. The molecule has 3 aliphatic rings. The first-order chi connectivity index (χ1) is 24.5. The number of hydrogen-bond donors (Lipinski definition) is 3. The van der Waals surface area contributed by atoms with E-state index < -0.39 is 47.4 Å². The van der Waals surface area contributed by atoms with Crippen molar-refractivity contribution in [3.63, 3.8) is 0 Å². The highest BCUT2D eigenvalue weighted by Crippen LogP contribution is 2.13. The van der Waals surface area contributed by atoms with Crippen LogP contribution in [0.5, 0.6) is 0 Å². The molecule has 0 aromatic carbocycles. The molecule has 3 rings (SSSR count). The smallest absolute Gasteiger partial charge is 0.335 e. The summed E-state index contributed by atoms with van der Waals surface area (Å²) < 4.78 is 30.9. The Kier molecular flexibility index (Phi) is 32.0. The number of methoxy groups -OCH3 is 1. The highest BCUT2D eigenvalue weighted by Gasteiger charge is 2.33. The minimum Gasteiger partial charge on any atom is -0.382 e. The van der Waals surface area contributed by atoms with E-state index in [1.165, 1.54) is 0 Å². The Morgan fingerprint density at radius 1 is 0.623 bits per heavy atom. The van der Waals surface area contributed by atoms with Crippen molar-refractivity contribution in [2.75, 3.05) is 66.4 Å². The van der Waals surface area contributed by atoms with Crippen LogP contribution < -0.4 is 5.32 Å². The maximum Gasteiger partial charge on any atom is 0.335 e. The molecule has 3 aliphatic heterocycles. The van der Waals surface area contributed by atoms with Crippen molar-refractivity contribution in [3.05, 3.63) is 12.2 Å². The number of carbonyl (C=O) groups excluding carboxylic acids is 9. The predicted octanol–water partition coefficient (Wildman–Crippen LogP) is -0.0416. The number of carbonyl (C=O) groups is 9. The normalized spacial score (nSPS) is 14.2. The Hall–Kier alpha value is -4.55. The zero-order chi connectivity index (χ0) is 38.6. The van der Waals surface area contributed by atoms with E-state index in [0.717, 1.165) is 17.1 Å². The zero-order valence-corrected chi connectivity index (χ0v) is 29.4. The van der Waals surface area contributed by atoms with Gasteiger partial charge in [-0.3, -0.25) is 38.5 Å². The van der Waals surface area contributed by atoms with Crippen molar-refractivity contribution in [2.45, 2.75) is 59.8 Å². The van der Waals surface area contributed by atoms with E-state index in [1.807, 2.05) is 0 Å². The Balaban J connectivity index is -0.000000930. The molecule has 0 radical (unpaired) electrons. The third-order valence-corrected chi connectivity index (χ3v) is 6.13. The van der Waals surface area contributed by atoms with Crippen LogP contribution in [0.1, 0.15) is 59.8 Å². The van der Waals surface area contributed by atoms with Crippen molar-refractivity contribution >= 4 is 78.1 Å². The van der Waals surface area contributed by atoms with Crippen LogP contribution in [-0.4, -0.2) is 135 Å². The summed E-state index contributed by atoms with van der Waals surface area (Å²) in [6.45, 7) is 1.97. The van der Waals surface area contributed by atoms with Gasteiger partial charge < -0.3 is 33.9 Å². The standard InChI is InChI=1S/C18H23N3O9.C10H15NO6.2CH4.2HNS/c22-13(5-8-20-14(23)1-2-15(20)24)19-7-10-29-12-11-28-9-6-18(27)30-21-16(25)3-4-17(21)26;1-15-6-7-16-5-4-10(14)17-11-8(12)2-3-9(11)13;;;2*1-2/h1-2H,3-12H2,(H,19,22);2-7H2,1H3;2*1H4;2*1H. The molecule has 0 aliphatic carbocycles. The molecule has 53 heavy (non-hydrogen) atoms. The first kappa shape index (κ1) is 52.8. The number of rotatable bonds is 20. The van der Waals surface area contributed by atoms with Gasteiger partial charge in [-0.25, -0.2) is 19.1 Å². The summed E-state index contributed by atoms with van der Waals surface area (Å²) in [5, 5.41) is 3.61. The molecule has 7 amide bonds. The van der Waals surface area contributed by atoms with Gasteiger partial charge in [-0.05, 0) is 0 Å². The van der Waals surface area contributed by atoms with Gasteiger partial charge in [0, 0.05) is 89.3 Å². The number of nitrogens with zero attached hydrogens (tertiary/aromatic N) is 3. The summed E-state index contributed by atoms with van der Waals surface area (Å²) in [5.41, 5.74) is 0. The third-order valence-electron chi connectivity index (χ3n) is 6.13. The second-order valence-corrected chi connectivity index (χ2v) is 9.68. The monoisotopic (exact) mass is 796 g/mol. The van der Waals surface area contributed by atoms with Crippen LogP contribution in [0, 0.1) is 9.56 Å². The fraction of sp³-hybridized carbons (Fsp3) is 0.633. The summed E-state index contributed by atoms with van der Waals surface area (Å²) in [6, 6.07) is 0. The molecule has 23 heteroatoms. The quantitative estimate of drug-likeness (QED) is 0.108. The summed E-state index contributed by atoms with van der Waals surface area (Å²) in [6.07, 6.45) is 2.46. The summed E-state index contributed by atoms with van der Waals surface area (Å²) >= 11 is 6.67. The third kappa shape index (κ3) is 22.2. The van der Waals surface area contributed by atoms with E-state index in [9.17, 15) is 43.2 Å². The molecule has 0 saturated carbocycles. The van der Waals surface area contributed by atoms with Gasteiger partial charge in [0.1, 0.15) is 0 Å². The van der Waals surface area contributed by atoms with Crippen LogP contribution in [0.2, 0.25) is 0 Å². The largest absolute Gasteiger partial charge is 0.382 e. The van der Waals surface area contributed by atoms with Crippen molar-refractivity contribution < 1.29 is 71.8 Å². The first-order valence-corrected chi connectivity index (χ1v) is 15.9. The topological polar surface area (TPSA) is 278 Å². The van der Waals surface area contributed by atoms with Gasteiger partial charge in [0.25, 0.3) is 35.4 Å². The number of ether oxygens (including phenoxy) is 4.